The van der Waals surface area contributed by atoms with Crippen LogP contribution in [0.3, 0.4) is 0 Å². The number of hydrogen-bond donors (Lipinski definition) is 1. The van der Waals surface area contributed by atoms with Crippen LogP contribution >= 0.6 is 27.7 Å². The Morgan fingerprint density at radius 2 is 2.00 bits per heavy atom. The van der Waals surface area contributed by atoms with Crippen molar-refractivity contribution in [3.8, 4) is 11.2 Å². The molecule has 0 unspecified atom stereocenters. The first-order valence-corrected chi connectivity index (χ1v) is 8.58. The highest BCUT2D eigenvalue weighted by molar-refractivity contribution is 9.10. The first-order valence-electron chi connectivity index (χ1n) is 6.97. The maximum atomic E-state index is 12.5. The number of carbonyl (C=O) groups excluding carboxylic acids is 1. The van der Waals surface area contributed by atoms with Gasteiger partial charge >= 0.3 is 0 Å². The molecule has 1 heterocycles. The molecule has 0 saturated heterocycles. The number of hydrogen-bond acceptors (Lipinski definition) is 4. The second-order valence-electron chi connectivity index (χ2n) is 4.87. The van der Waals surface area contributed by atoms with E-state index in [0.29, 0.717) is 17.0 Å². The van der Waals surface area contributed by atoms with E-state index in [1.54, 1.807) is 36.4 Å². The quantitative estimate of drug-likeness (QED) is 0.586. The fourth-order valence-corrected chi connectivity index (χ4v) is 2.90. The minimum absolute atomic E-state index is 0.233. The molecular formula is C18H11BrN2O2S. The molecule has 1 N–H and O–H groups in total. The number of benzene rings is 2. The minimum atomic E-state index is -0.233. The van der Waals surface area contributed by atoms with Gasteiger partial charge in [0.1, 0.15) is 11.2 Å². The molecular weight excluding hydrogens is 388 g/mol. The van der Waals surface area contributed by atoms with E-state index in [1.165, 1.54) is 6.26 Å². The Morgan fingerprint density at radius 3 is 2.75 bits per heavy atom. The lowest BCUT2D eigenvalue weighted by molar-refractivity contribution is -0.112. The molecule has 0 aliphatic carbocycles. The van der Waals surface area contributed by atoms with Crippen LogP contribution in [0.2, 0.25) is 0 Å². The van der Waals surface area contributed by atoms with E-state index in [1.807, 2.05) is 23.6 Å². The van der Waals surface area contributed by atoms with Crippen molar-refractivity contribution >= 4 is 45.4 Å². The number of halogens is 1. The Kier molecular flexibility index (Phi) is 5.04. The zero-order valence-corrected chi connectivity index (χ0v) is 14.7. The van der Waals surface area contributed by atoms with E-state index in [0.717, 1.165) is 26.7 Å². The fraction of sp³-hybridized carbons (Fsp3) is 0. The number of amides is 1. The van der Waals surface area contributed by atoms with Gasteiger partial charge in [-0.1, -0.05) is 15.9 Å². The molecule has 0 saturated carbocycles. The number of anilines is 1. The van der Waals surface area contributed by atoms with Gasteiger partial charge < -0.3 is 10.1 Å². The Morgan fingerprint density at radius 1 is 1.21 bits per heavy atom. The lowest BCUT2D eigenvalue weighted by atomic mass is 10.1. The first-order chi connectivity index (χ1) is 11.7. The zero-order valence-electron chi connectivity index (χ0n) is 12.3. The van der Waals surface area contributed by atoms with Crippen molar-refractivity contribution in [1.29, 1.82) is 5.26 Å². The number of nitrogens with one attached hydrogen (secondary N) is 1. The van der Waals surface area contributed by atoms with E-state index in [4.69, 9.17) is 10.00 Å². The van der Waals surface area contributed by atoms with Crippen LogP contribution in [0.25, 0.3) is 6.08 Å². The van der Waals surface area contributed by atoms with Crippen LogP contribution in [-0.4, -0.2) is 5.91 Å². The van der Waals surface area contributed by atoms with Gasteiger partial charge in [0.05, 0.1) is 6.26 Å². The molecule has 4 nitrogen and oxygen atoms in total. The molecule has 1 amide bonds. The molecule has 0 fully saturated rings. The minimum Gasteiger partial charge on any atom is -0.464 e. The molecule has 3 rings (SSSR count). The Balaban J connectivity index is 1.80. The number of carbonyl (C=O) groups is 1. The number of rotatable bonds is 3. The smallest absolute Gasteiger partial charge is 0.255 e. The number of nitriles is 1. The predicted octanol–water partition coefficient (Wildman–Crippen LogP) is 4.95. The normalized spacial score (nSPS) is 12.2. The predicted molar refractivity (Wildman–Crippen MR) is 98.4 cm³/mol. The summed E-state index contributed by atoms with van der Waals surface area (Å²) in [7, 11) is 0. The molecule has 2 aromatic carbocycles. The fourth-order valence-electron chi connectivity index (χ4n) is 2.14. The molecule has 0 aromatic heterocycles. The van der Waals surface area contributed by atoms with Crippen LogP contribution in [0.5, 0.6) is 5.75 Å². The number of nitrogens with zero attached hydrogens (tertiary/aromatic N) is 1. The molecule has 0 spiro atoms. The summed E-state index contributed by atoms with van der Waals surface area (Å²) in [5, 5.41) is 13.5. The topological polar surface area (TPSA) is 62.1 Å². The summed E-state index contributed by atoms with van der Waals surface area (Å²) >= 11 is 4.49. The summed E-state index contributed by atoms with van der Waals surface area (Å²) in [5.41, 5.74) is 1.97. The highest BCUT2D eigenvalue weighted by atomic mass is 79.9. The van der Waals surface area contributed by atoms with Crippen molar-refractivity contribution < 1.29 is 9.53 Å². The number of fused-ring (bicyclic) bond motifs is 1. The Labute approximate surface area is 152 Å². The molecule has 1 aliphatic rings. The number of thiocyanates is 1. The summed E-state index contributed by atoms with van der Waals surface area (Å²) in [6.07, 6.45) is 4.90. The second kappa shape index (κ2) is 7.39. The van der Waals surface area contributed by atoms with Gasteiger partial charge in [-0.25, -0.2) is 0 Å². The molecule has 0 bridgehead atoms. The summed E-state index contributed by atoms with van der Waals surface area (Å²) in [5.74, 6) is 0.457. The average molecular weight is 399 g/mol. The highest BCUT2D eigenvalue weighted by Crippen LogP contribution is 2.28. The monoisotopic (exact) mass is 398 g/mol. The van der Waals surface area contributed by atoms with E-state index >= 15 is 0 Å². The molecule has 0 radical (unpaired) electrons. The number of thioether (sulfide) groups is 1. The lowest BCUT2D eigenvalue weighted by Crippen LogP contribution is -2.13. The van der Waals surface area contributed by atoms with E-state index < -0.39 is 0 Å². The van der Waals surface area contributed by atoms with Gasteiger partial charge in [-0.3, -0.25) is 4.79 Å². The van der Waals surface area contributed by atoms with Crippen LogP contribution in [0.1, 0.15) is 5.56 Å². The molecule has 2 aromatic rings. The number of ether oxygens (including phenoxy) is 1. The van der Waals surface area contributed by atoms with E-state index in [2.05, 4.69) is 21.2 Å². The summed E-state index contributed by atoms with van der Waals surface area (Å²) in [4.78, 5) is 13.3. The Bertz CT molecular complexity index is 883. The van der Waals surface area contributed by atoms with Crippen molar-refractivity contribution in [3.63, 3.8) is 0 Å². The van der Waals surface area contributed by atoms with Crippen molar-refractivity contribution in [2.24, 2.45) is 0 Å². The SMILES string of the molecule is N#CSc1ccc(NC(=O)C2=Cc3cc(Br)ccc3OC=C2)cc1. The third-order valence-corrected chi connectivity index (χ3v) is 4.36. The van der Waals surface area contributed by atoms with Gasteiger partial charge in [-0.2, -0.15) is 5.26 Å². The van der Waals surface area contributed by atoms with Crippen molar-refractivity contribution in [2.45, 2.75) is 4.90 Å². The Hall–Kier alpha value is -2.49. The first kappa shape index (κ1) is 16.4. The van der Waals surface area contributed by atoms with Crippen molar-refractivity contribution in [3.05, 3.63) is 70.4 Å². The van der Waals surface area contributed by atoms with Crippen molar-refractivity contribution in [1.82, 2.24) is 0 Å². The molecule has 0 atom stereocenters. The second-order valence-corrected chi connectivity index (χ2v) is 6.65. The largest absolute Gasteiger partial charge is 0.464 e. The lowest BCUT2D eigenvalue weighted by Gasteiger charge is -2.06. The maximum Gasteiger partial charge on any atom is 0.255 e. The van der Waals surface area contributed by atoms with Crippen LogP contribution in [-0.2, 0) is 4.79 Å². The molecule has 118 valence electrons. The summed E-state index contributed by atoms with van der Waals surface area (Å²) in [6.45, 7) is 0. The van der Waals surface area contributed by atoms with E-state index in [-0.39, 0.29) is 5.91 Å². The van der Waals surface area contributed by atoms with Crippen molar-refractivity contribution in [2.75, 3.05) is 5.32 Å². The average Bonchev–Trinajstić information content (AvgIpc) is 2.79. The van der Waals surface area contributed by atoms with Gasteiger partial charge in [0.15, 0.2) is 0 Å². The molecule has 1 aliphatic heterocycles. The van der Waals surface area contributed by atoms with Gasteiger partial charge in [-0.05, 0) is 66.4 Å². The molecule has 6 heteroatoms. The van der Waals surface area contributed by atoms with E-state index in [9.17, 15) is 4.79 Å². The zero-order chi connectivity index (χ0) is 16.9. The molecule has 24 heavy (non-hydrogen) atoms. The summed E-state index contributed by atoms with van der Waals surface area (Å²) in [6, 6.07) is 12.7. The third-order valence-electron chi connectivity index (χ3n) is 3.26. The third kappa shape index (κ3) is 3.88. The van der Waals surface area contributed by atoms with Crippen LogP contribution < -0.4 is 10.1 Å². The van der Waals surface area contributed by atoms with Crippen LogP contribution in [0.15, 0.2) is 69.7 Å². The van der Waals surface area contributed by atoms with Gasteiger partial charge in [0.2, 0.25) is 0 Å². The maximum absolute atomic E-state index is 12.5. The highest BCUT2D eigenvalue weighted by Gasteiger charge is 2.12. The van der Waals surface area contributed by atoms with Gasteiger partial charge in [0.25, 0.3) is 5.91 Å². The van der Waals surface area contributed by atoms with Gasteiger partial charge in [-0.15, -0.1) is 0 Å². The van der Waals surface area contributed by atoms with Crippen LogP contribution in [0.4, 0.5) is 5.69 Å². The van der Waals surface area contributed by atoms with Crippen LogP contribution in [0, 0.1) is 10.7 Å². The summed E-state index contributed by atoms with van der Waals surface area (Å²) < 4.78 is 6.42. The standard InChI is InChI=1S/C18H11BrN2O2S/c19-14-1-6-17-13(10-14)9-12(7-8-23-17)18(22)21-15-2-4-16(5-3-15)24-11-20/h1-10H,(H,21,22). The van der Waals surface area contributed by atoms with Gasteiger partial charge in [0, 0.05) is 26.2 Å².